The van der Waals surface area contributed by atoms with Crippen LogP contribution in [0.15, 0.2) is 71.3 Å². The zero-order valence-corrected chi connectivity index (χ0v) is 16.5. The van der Waals surface area contributed by atoms with Gasteiger partial charge in [0.2, 0.25) is 5.91 Å². The standard InChI is InChI=1S/C20H18IN3O3/c21-15-6-8-16(9-7-15)22-13-19(25)24-17-4-1-3-14(11-17)20(26)23-12-18-5-2-10-27-18/h1-11,22H,12-13H2,(H,23,26)(H,24,25). The molecule has 0 radical (unpaired) electrons. The zero-order valence-electron chi connectivity index (χ0n) is 14.4. The average Bonchev–Trinajstić information content (AvgIpc) is 3.19. The maximum Gasteiger partial charge on any atom is 0.251 e. The van der Waals surface area contributed by atoms with Gasteiger partial charge in [0, 0.05) is 20.5 Å². The van der Waals surface area contributed by atoms with Crippen molar-refractivity contribution in [2.75, 3.05) is 17.2 Å². The molecule has 0 unspecified atom stereocenters. The first-order valence-corrected chi connectivity index (χ1v) is 9.38. The van der Waals surface area contributed by atoms with Gasteiger partial charge in [-0.25, -0.2) is 0 Å². The van der Waals surface area contributed by atoms with Crippen molar-refractivity contribution in [3.8, 4) is 0 Å². The van der Waals surface area contributed by atoms with Crippen molar-refractivity contribution in [2.24, 2.45) is 0 Å². The molecule has 2 amide bonds. The highest BCUT2D eigenvalue weighted by Crippen LogP contribution is 2.13. The van der Waals surface area contributed by atoms with Crippen LogP contribution in [0.3, 0.4) is 0 Å². The van der Waals surface area contributed by atoms with Crippen LogP contribution in [0.5, 0.6) is 0 Å². The molecule has 138 valence electrons. The maximum absolute atomic E-state index is 12.2. The van der Waals surface area contributed by atoms with E-state index in [-0.39, 0.29) is 18.4 Å². The zero-order chi connectivity index (χ0) is 19.1. The summed E-state index contributed by atoms with van der Waals surface area (Å²) < 4.78 is 6.32. The molecule has 0 bridgehead atoms. The molecule has 3 N–H and O–H groups in total. The van der Waals surface area contributed by atoms with Crippen molar-refractivity contribution in [1.29, 1.82) is 0 Å². The van der Waals surface area contributed by atoms with Crippen molar-refractivity contribution >= 4 is 45.8 Å². The summed E-state index contributed by atoms with van der Waals surface area (Å²) in [5, 5.41) is 8.62. The Morgan fingerprint density at radius 1 is 0.963 bits per heavy atom. The van der Waals surface area contributed by atoms with Gasteiger partial charge in [-0.15, -0.1) is 0 Å². The summed E-state index contributed by atoms with van der Waals surface area (Å²) in [4.78, 5) is 24.4. The highest BCUT2D eigenvalue weighted by molar-refractivity contribution is 14.1. The van der Waals surface area contributed by atoms with Crippen LogP contribution in [0.25, 0.3) is 0 Å². The first-order valence-electron chi connectivity index (χ1n) is 8.30. The van der Waals surface area contributed by atoms with Gasteiger partial charge in [0.1, 0.15) is 5.76 Å². The van der Waals surface area contributed by atoms with Crippen LogP contribution in [-0.4, -0.2) is 18.4 Å². The average molecular weight is 475 g/mol. The number of hydrogen-bond donors (Lipinski definition) is 3. The number of carbonyl (C=O) groups excluding carboxylic acids is 2. The van der Waals surface area contributed by atoms with Gasteiger partial charge in [0.15, 0.2) is 0 Å². The smallest absolute Gasteiger partial charge is 0.251 e. The van der Waals surface area contributed by atoms with E-state index in [4.69, 9.17) is 4.42 Å². The molecule has 3 aromatic rings. The van der Waals surface area contributed by atoms with Crippen LogP contribution < -0.4 is 16.0 Å². The second kappa shape index (κ2) is 9.22. The van der Waals surface area contributed by atoms with E-state index in [0.29, 0.717) is 23.6 Å². The molecular formula is C20H18IN3O3. The summed E-state index contributed by atoms with van der Waals surface area (Å²) in [6, 6.07) is 18.1. The highest BCUT2D eigenvalue weighted by atomic mass is 127. The first kappa shape index (κ1) is 19.0. The van der Waals surface area contributed by atoms with E-state index in [0.717, 1.165) is 9.26 Å². The largest absolute Gasteiger partial charge is 0.467 e. The summed E-state index contributed by atoms with van der Waals surface area (Å²) in [5.41, 5.74) is 1.90. The van der Waals surface area contributed by atoms with Crippen LogP contribution in [0.2, 0.25) is 0 Å². The number of benzene rings is 2. The fraction of sp³-hybridized carbons (Fsp3) is 0.100. The van der Waals surface area contributed by atoms with Crippen LogP contribution in [0, 0.1) is 3.57 Å². The Balaban J connectivity index is 1.52. The number of carbonyl (C=O) groups is 2. The van der Waals surface area contributed by atoms with E-state index in [1.165, 1.54) is 0 Å². The summed E-state index contributed by atoms with van der Waals surface area (Å²) in [5.74, 6) is 0.246. The van der Waals surface area contributed by atoms with E-state index in [1.807, 2.05) is 24.3 Å². The maximum atomic E-state index is 12.2. The number of halogens is 1. The lowest BCUT2D eigenvalue weighted by atomic mass is 10.2. The lowest BCUT2D eigenvalue weighted by Gasteiger charge is -2.09. The quantitative estimate of drug-likeness (QED) is 0.454. The second-order valence-electron chi connectivity index (χ2n) is 5.75. The molecule has 2 aromatic carbocycles. The van der Waals surface area contributed by atoms with Crippen molar-refractivity contribution in [3.05, 3.63) is 81.8 Å². The molecule has 3 rings (SSSR count). The van der Waals surface area contributed by atoms with Crippen molar-refractivity contribution in [3.63, 3.8) is 0 Å². The molecule has 7 heteroatoms. The van der Waals surface area contributed by atoms with Crippen molar-refractivity contribution in [1.82, 2.24) is 5.32 Å². The minimum atomic E-state index is -0.237. The lowest BCUT2D eigenvalue weighted by Crippen LogP contribution is -2.24. The molecule has 0 aliphatic rings. The first-order chi connectivity index (χ1) is 13.1. The van der Waals surface area contributed by atoms with E-state index in [9.17, 15) is 9.59 Å². The number of rotatable bonds is 7. The number of anilines is 2. The topological polar surface area (TPSA) is 83.4 Å². The highest BCUT2D eigenvalue weighted by Gasteiger charge is 2.08. The third kappa shape index (κ3) is 5.85. The minimum absolute atomic E-state index is 0.134. The van der Waals surface area contributed by atoms with Crippen molar-refractivity contribution in [2.45, 2.75) is 6.54 Å². The SMILES string of the molecule is O=C(CNc1ccc(I)cc1)Nc1cccc(C(=O)NCc2ccco2)c1. The molecule has 6 nitrogen and oxygen atoms in total. The van der Waals surface area contributed by atoms with E-state index in [2.05, 4.69) is 38.5 Å². The molecule has 0 saturated heterocycles. The van der Waals surface area contributed by atoms with E-state index < -0.39 is 0 Å². The Kier molecular flexibility index (Phi) is 6.48. The molecule has 27 heavy (non-hydrogen) atoms. The third-order valence-corrected chi connectivity index (χ3v) is 4.43. The Bertz CT molecular complexity index is 908. The molecular weight excluding hydrogens is 457 g/mol. The molecule has 0 aliphatic carbocycles. The molecule has 0 fully saturated rings. The van der Waals surface area contributed by atoms with E-state index >= 15 is 0 Å². The van der Waals surface area contributed by atoms with Gasteiger partial charge >= 0.3 is 0 Å². The van der Waals surface area contributed by atoms with Gasteiger partial charge in [0.05, 0.1) is 19.4 Å². The summed E-state index contributed by atoms with van der Waals surface area (Å²) in [6.07, 6.45) is 1.56. The Morgan fingerprint density at radius 2 is 1.78 bits per heavy atom. The molecule has 1 aromatic heterocycles. The summed E-state index contributed by atoms with van der Waals surface area (Å²) in [7, 11) is 0. The molecule has 0 saturated carbocycles. The van der Waals surface area contributed by atoms with Crippen LogP contribution in [0.1, 0.15) is 16.1 Å². The third-order valence-electron chi connectivity index (χ3n) is 3.71. The van der Waals surface area contributed by atoms with Gasteiger partial charge in [-0.05, 0) is 77.2 Å². The fourth-order valence-electron chi connectivity index (χ4n) is 2.38. The number of amides is 2. The fourth-order valence-corrected chi connectivity index (χ4v) is 2.74. The summed E-state index contributed by atoms with van der Waals surface area (Å²) >= 11 is 2.23. The summed E-state index contributed by atoms with van der Waals surface area (Å²) in [6.45, 7) is 0.442. The molecule has 1 heterocycles. The number of nitrogens with one attached hydrogen (secondary N) is 3. The minimum Gasteiger partial charge on any atom is -0.467 e. The lowest BCUT2D eigenvalue weighted by molar-refractivity contribution is -0.114. The second-order valence-corrected chi connectivity index (χ2v) is 7.00. The van der Waals surface area contributed by atoms with Gasteiger partial charge in [-0.3, -0.25) is 9.59 Å². The number of furan rings is 1. The molecule has 0 aliphatic heterocycles. The van der Waals surface area contributed by atoms with Gasteiger partial charge in [-0.2, -0.15) is 0 Å². The predicted octanol–water partition coefficient (Wildman–Crippen LogP) is 3.86. The van der Waals surface area contributed by atoms with Gasteiger partial charge in [-0.1, -0.05) is 6.07 Å². The van der Waals surface area contributed by atoms with E-state index in [1.54, 1.807) is 42.7 Å². The van der Waals surface area contributed by atoms with Gasteiger partial charge < -0.3 is 20.4 Å². The monoisotopic (exact) mass is 475 g/mol. The predicted molar refractivity (Wildman–Crippen MR) is 113 cm³/mol. The Hall–Kier alpha value is -2.81. The molecule has 0 spiro atoms. The normalized spacial score (nSPS) is 10.3. The molecule has 0 atom stereocenters. The number of hydrogen-bond acceptors (Lipinski definition) is 4. The van der Waals surface area contributed by atoms with Crippen LogP contribution >= 0.6 is 22.6 Å². The van der Waals surface area contributed by atoms with Crippen LogP contribution in [0.4, 0.5) is 11.4 Å². The van der Waals surface area contributed by atoms with Gasteiger partial charge in [0.25, 0.3) is 5.91 Å². The Morgan fingerprint density at radius 3 is 2.52 bits per heavy atom. The Labute approximate surface area is 170 Å². The van der Waals surface area contributed by atoms with Crippen LogP contribution in [-0.2, 0) is 11.3 Å². The van der Waals surface area contributed by atoms with Crippen molar-refractivity contribution < 1.29 is 14.0 Å².